The molecule has 5 N–H and O–H groups in total. The van der Waals surface area contributed by atoms with Crippen molar-refractivity contribution < 1.29 is 4.39 Å². The molecule has 1 unspecified atom stereocenters. The predicted molar refractivity (Wildman–Crippen MR) is 72.6 cm³/mol. The van der Waals surface area contributed by atoms with Gasteiger partial charge in [0, 0.05) is 18.8 Å². The highest BCUT2D eigenvalue weighted by atomic mass is 19.1. The van der Waals surface area contributed by atoms with Crippen molar-refractivity contribution in [3.63, 3.8) is 0 Å². The quantitative estimate of drug-likeness (QED) is 0.526. The number of rotatable bonds is 6. The fourth-order valence-corrected chi connectivity index (χ4v) is 1.68. The standard InChI is InChI=1S/C13H21FN4/c1-3-17-10(2)8-18(16)9-13(15)11-4-6-12(14)7-5-11/h4-7,9-10,17H,3,8,15-16H2,1-2H3/b13-9-. The molecular formula is C13H21FN4. The summed E-state index contributed by atoms with van der Waals surface area (Å²) < 4.78 is 12.8. The lowest BCUT2D eigenvalue weighted by atomic mass is 10.2. The van der Waals surface area contributed by atoms with Crippen LogP contribution in [0.3, 0.4) is 0 Å². The first-order valence-corrected chi connectivity index (χ1v) is 6.01. The Morgan fingerprint density at radius 2 is 2.06 bits per heavy atom. The third-order valence-electron chi connectivity index (χ3n) is 2.52. The molecule has 0 radical (unpaired) electrons. The molecule has 0 amide bonds. The van der Waals surface area contributed by atoms with Crippen molar-refractivity contribution in [2.75, 3.05) is 13.1 Å². The molecule has 0 fully saturated rings. The zero-order valence-electron chi connectivity index (χ0n) is 10.9. The Bertz CT molecular complexity index is 388. The van der Waals surface area contributed by atoms with Gasteiger partial charge in [-0.25, -0.2) is 10.2 Å². The van der Waals surface area contributed by atoms with Crippen molar-refractivity contribution >= 4 is 5.70 Å². The molecule has 1 rings (SSSR count). The molecule has 0 saturated heterocycles. The highest BCUT2D eigenvalue weighted by molar-refractivity contribution is 5.61. The van der Waals surface area contributed by atoms with Crippen LogP contribution < -0.4 is 16.9 Å². The van der Waals surface area contributed by atoms with Gasteiger partial charge in [0.05, 0.1) is 5.70 Å². The van der Waals surface area contributed by atoms with Gasteiger partial charge in [0.25, 0.3) is 0 Å². The smallest absolute Gasteiger partial charge is 0.123 e. The summed E-state index contributed by atoms with van der Waals surface area (Å²) >= 11 is 0. The third-order valence-corrected chi connectivity index (χ3v) is 2.52. The summed E-state index contributed by atoms with van der Waals surface area (Å²) in [5.74, 6) is 5.56. The second-order valence-electron chi connectivity index (χ2n) is 4.25. The first-order valence-electron chi connectivity index (χ1n) is 6.01. The van der Waals surface area contributed by atoms with Crippen LogP contribution >= 0.6 is 0 Å². The SMILES string of the molecule is CCNC(C)CN(N)/C=C(\N)c1ccc(F)cc1. The lowest BCUT2D eigenvalue weighted by Crippen LogP contribution is -2.40. The average molecular weight is 252 g/mol. The first kappa shape index (κ1) is 14.5. The van der Waals surface area contributed by atoms with E-state index in [-0.39, 0.29) is 11.9 Å². The molecule has 0 spiro atoms. The number of benzene rings is 1. The maximum atomic E-state index is 12.8. The molecule has 100 valence electrons. The van der Waals surface area contributed by atoms with Gasteiger partial charge in [-0.1, -0.05) is 6.92 Å². The van der Waals surface area contributed by atoms with Crippen molar-refractivity contribution in [2.45, 2.75) is 19.9 Å². The van der Waals surface area contributed by atoms with Crippen molar-refractivity contribution in [1.29, 1.82) is 0 Å². The number of hydrogen-bond acceptors (Lipinski definition) is 4. The predicted octanol–water partition coefficient (Wildman–Crippen LogP) is 1.26. The van der Waals surface area contributed by atoms with E-state index in [4.69, 9.17) is 11.6 Å². The normalized spacial score (nSPS) is 13.4. The summed E-state index contributed by atoms with van der Waals surface area (Å²) in [6, 6.07) is 6.28. The number of nitrogens with two attached hydrogens (primary N) is 2. The van der Waals surface area contributed by atoms with Crippen LogP contribution in [-0.2, 0) is 0 Å². The van der Waals surface area contributed by atoms with Crippen LogP contribution in [0.15, 0.2) is 30.5 Å². The lowest BCUT2D eigenvalue weighted by Gasteiger charge is -2.20. The first-order chi connectivity index (χ1) is 8.52. The van der Waals surface area contributed by atoms with Gasteiger partial charge in [0.2, 0.25) is 0 Å². The van der Waals surface area contributed by atoms with E-state index >= 15 is 0 Å². The van der Waals surface area contributed by atoms with Crippen molar-refractivity contribution in [3.05, 3.63) is 41.8 Å². The Kier molecular flexibility index (Phi) is 5.61. The van der Waals surface area contributed by atoms with E-state index in [0.29, 0.717) is 12.2 Å². The van der Waals surface area contributed by atoms with Gasteiger partial charge in [-0.2, -0.15) is 0 Å². The fraction of sp³-hybridized carbons (Fsp3) is 0.385. The highest BCUT2D eigenvalue weighted by Crippen LogP contribution is 2.10. The second kappa shape index (κ2) is 6.98. The summed E-state index contributed by atoms with van der Waals surface area (Å²) in [7, 11) is 0. The molecule has 1 aromatic rings. The van der Waals surface area contributed by atoms with Crippen LogP contribution in [0, 0.1) is 5.82 Å². The molecule has 0 aliphatic heterocycles. The van der Waals surface area contributed by atoms with E-state index in [9.17, 15) is 4.39 Å². The van der Waals surface area contributed by atoms with Crippen molar-refractivity contribution in [3.8, 4) is 0 Å². The Labute approximate surface area is 107 Å². The number of nitrogens with one attached hydrogen (secondary N) is 1. The summed E-state index contributed by atoms with van der Waals surface area (Å²) in [6.45, 7) is 5.63. The summed E-state index contributed by atoms with van der Waals surface area (Å²) in [4.78, 5) is 0. The lowest BCUT2D eigenvalue weighted by molar-refractivity contribution is 0.343. The number of likely N-dealkylation sites (N-methyl/N-ethyl adjacent to an activating group) is 1. The zero-order chi connectivity index (χ0) is 13.5. The molecule has 0 aliphatic carbocycles. The van der Waals surface area contributed by atoms with E-state index in [1.54, 1.807) is 18.3 Å². The molecule has 5 heteroatoms. The van der Waals surface area contributed by atoms with E-state index in [1.165, 1.54) is 17.1 Å². The Morgan fingerprint density at radius 3 is 2.61 bits per heavy atom. The van der Waals surface area contributed by atoms with E-state index in [1.807, 2.05) is 13.8 Å². The topological polar surface area (TPSA) is 67.3 Å². The van der Waals surface area contributed by atoms with Gasteiger partial charge in [-0.3, -0.25) is 0 Å². The minimum absolute atomic E-state index is 0.275. The molecule has 1 aromatic carbocycles. The molecule has 4 nitrogen and oxygen atoms in total. The van der Waals surface area contributed by atoms with Crippen LogP contribution in [-0.4, -0.2) is 24.1 Å². The van der Waals surface area contributed by atoms with Crippen LogP contribution in [0.5, 0.6) is 0 Å². The average Bonchev–Trinajstić information content (AvgIpc) is 2.29. The summed E-state index contributed by atoms with van der Waals surface area (Å²) in [6.07, 6.45) is 1.65. The number of hydrazine groups is 1. The monoisotopic (exact) mass is 252 g/mol. The van der Waals surface area contributed by atoms with Crippen LogP contribution in [0.2, 0.25) is 0 Å². The maximum Gasteiger partial charge on any atom is 0.123 e. The minimum atomic E-state index is -0.281. The minimum Gasteiger partial charge on any atom is -0.397 e. The second-order valence-corrected chi connectivity index (χ2v) is 4.25. The number of halogens is 1. The molecular weight excluding hydrogens is 231 g/mol. The van der Waals surface area contributed by atoms with Crippen LogP contribution in [0.25, 0.3) is 5.70 Å². The van der Waals surface area contributed by atoms with E-state index in [0.717, 1.165) is 12.1 Å². The van der Waals surface area contributed by atoms with Crippen molar-refractivity contribution in [1.82, 2.24) is 10.3 Å². The Balaban J connectivity index is 2.62. The molecule has 0 bridgehead atoms. The molecule has 0 saturated carbocycles. The molecule has 0 heterocycles. The van der Waals surface area contributed by atoms with Crippen LogP contribution in [0.1, 0.15) is 19.4 Å². The summed E-state index contributed by atoms with van der Waals surface area (Å²) in [5.41, 5.74) is 7.16. The Hall–Kier alpha value is -1.59. The van der Waals surface area contributed by atoms with Gasteiger partial charge in [-0.05, 0) is 43.3 Å². The molecule has 0 aromatic heterocycles. The molecule has 18 heavy (non-hydrogen) atoms. The van der Waals surface area contributed by atoms with E-state index < -0.39 is 0 Å². The van der Waals surface area contributed by atoms with Gasteiger partial charge < -0.3 is 16.1 Å². The van der Waals surface area contributed by atoms with Gasteiger partial charge >= 0.3 is 0 Å². The van der Waals surface area contributed by atoms with Gasteiger partial charge in [0.1, 0.15) is 5.82 Å². The third kappa shape index (κ3) is 4.73. The fourth-order valence-electron chi connectivity index (χ4n) is 1.68. The largest absolute Gasteiger partial charge is 0.397 e. The number of hydrogen-bond donors (Lipinski definition) is 3. The van der Waals surface area contributed by atoms with Gasteiger partial charge in [0.15, 0.2) is 0 Å². The van der Waals surface area contributed by atoms with Gasteiger partial charge in [-0.15, -0.1) is 0 Å². The highest BCUT2D eigenvalue weighted by Gasteiger charge is 2.04. The molecule has 1 atom stereocenters. The van der Waals surface area contributed by atoms with Crippen molar-refractivity contribution in [2.24, 2.45) is 11.6 Å². The number of nitrogens with zero attached hydrogens (tertiary/aromatic N) is 1. The van der Waals surface area contributed by atoms with E-state index in [2.05, 4.69) is 5.32 Å². The molecule has 0 aliphatic rings. The maximum absolute atomic E-state index is 12.8. The summed E-state index contributed by atoms with van der Waals surface area (Å²) in [5, 5.41) is 4.79. The Morgan fingerprint density at radius 1 is 1.44 bits per heavy atom. The van der Waals surface area contributed by atoms with Crippen LogP contribution in [0.4, 0.5) is 4.39 Å². The zero-order valence-corrected chi connectivity index (χ0v) is 10.9.